The zero-order valence-electron chi connectivity index (χ0n) is 17.9. The molecule has 0 unspecified atom stereocenters. The average molecular weight is 415 g/mol. The van der Waals surface area contributed by atoms with Crippen LogP contribution in [0.3, 0.4) is 0 Å². The molecule has 0 aliphatic carbocycles. The molecule has 8 heteroatoms. The summed E-state index contributed by atoms with van der Waals surface area (Å²) in [5.74, 6) is -0.322. The van der Waals surface area contributed by atoms with Crippen molar-refractivity contribution in [3.8, 4) is 17.0 Å². The highest BCUT2D eigenvalue weighted by molar-refractivity contribution is 5.96. The minimum absolute atomic E-state index is 0.0672. The predicted molar refractivity (Wildman–Crippen MR) is 111 cm³/mol. The van der Waals surface area contributed by atoms with Gasteiger partial charge in [-0.3, -0.25) is 4.68 Å². The van der Waals surface area contributed by atoms with Crippen LogP contribution in [0.2, 0.25) is 0 Å². The summed E-state index contributed by atoms with van der Waals surface area (Å²) < 4.78 is 12.4. The Hall–Kier alpha value is -3.03. The van der Waals surface area contributed by atoms with E-state index in [1.54, 1.807) is 47.0 Å². The monoisotopic (exact) mass is 415 g/mol. The number of aromatic nitrogens is 2. The maximum Gasteiger partial charge on any atom is 0.410 e. The van der Waals surface area contributed by atoms with Crippen LogP contribution in [0, 0.1) is 0 Å². The van der Waals surface area contributed by atoms with Crippen LogP contribution < -0.4 is 0 Å². The fraction of sp³-hybridized carbons (Fsp3) is 0.500. The number of nitrogens with zero attached hydrogens (tertiary/aromatic N) is 3. The van der Waals surface area contributed by atoms with E-state index in [0.29, 0.717) is 29.9 Å². The van der Waals surface area contributed by atoms with E-state index >= 15 is 0 Å². The smallest absolute Gasteiger partial charge is 0.410 e. The highest BCUT2D eigenvalue weighted by Crippen LogP contribution is 2.27. The molecule has 0 saturated carbocycles. The Labute approximate surface area is 176 Å². The number of carbonyl (C=O) groups is 2. The molecule has 1 aromatic heterocycles. The zero-order valence-corrected chi connectivity index (χ0v) is 17.9. The summed E-state index contributed by atoms with van der Waals surface area (Å²) in [7, 11) is 0. The molecule has 0 radical (unpaired) electrons. The Morgan fingerprint density at radius 2 is 1.93 bits per heavy atom. The standard InChI is InChI=1S/C22H29N3O5/c1-5-29-20(27)18-14-24(23-19(18)15-8-10-17(26)11-9-15)13-16-7-6-12-25(16)21(28)30-22(2,3)4/h8-11,14,16,26H,5-7,12-13H2,1-4H3/t16-/m0/s1. The molecule has 2 heterocycles. The number of hydrogen-bond donors (Lipinski definition) is 1. The molecule has 1 aliphatic heterocycles. The van der Waals surface area contributed by atoms with Crippen LogP contribution in [-0.2, 0) is 16.0 Å². The van der Waals surface area contributed by atoms with E-state index in [1.165, 1.54) is 0 Å². The SMILES string of the molecule is CCOC(=O)c1cn(C[C@@H]2CCCN2C(=O)OC(C)(C)C)nc1-c1ccc(O)cc1. The van der Waals surface area contributed by atoms with Gasteiger partial charge in [0.25, 0.3) is 0 Å². The minimum atomic E-state index is -0.557. The second kappa shape index (κ2) is 8.77. The third-order valence-corrected chi connectivity index (χ3v) is 4.80. The van der Waals surface area contributed by atoms with E-state index in [-0.39, 0.29) is 24.5 Å². The molecule has 2 aromatic rings. The topological polar surface area (TPSA) is 93.9 Å². The van der Waals surface area contributed by atoms with Gasteiger partial charge in [-0.25, -0.2) is 9.59 Å². The van der Waals surface area contributed by atoms with Crippen LogP contribution in [0.5, 0.6) is 5.75 Å². The van der Waals surface area contributed by atoms with Crippen LogP contribution >= 0.6 is 0 Å². The van der Waals surface area contributed by atoms with Gasteiger partial charge in [0.1, 0.15) is 22.6 Å². The molecule has 0 spiro atoms. The van der Waals surface area contributed by atoms with Gasteiger partial charge in [0.15, 0.2) is 0 Å². The zero-order chi connectivity index (χ0) is 21.9. The lowest BCUT2D eigenvalue weighted by Gasteiger charge is -2.28. The van der Waals surface area contributed by atoms with E-state index < -0.39 is 11.6 Å². The lowest BCUT2D eigenvalue weighted by molar-refractivity contribution is 0.0211. The van der Waals surface area contributed by atoms with Crippen molar-refractivity contribution in [1.29, 1.82) is 0 Å². The number of rotatable bonds is 5. The van der Waals surface area contributed by atoms with Gasteiger partial charge < -0.3 is 19.5 Å². The van der Waals surface area contributed by atoms with Crippen LogP contribution in [0.4, 0.5) is 4.79 Å². The van der Waals surface area contributed by atoms with Crippen LogP contribution in [0.15, 0.2) is 30.5 Å². The van der Waals surface area contributed by atoms with Gasteiger partial charge in [0.05, 0.1) is 19.2 Å². The van der Waals surface area contributed by atoms with Crippen molar-refractivity contribution in [2.24, 2.45) is 0 Å². The minimum Gasteiger partial charge on any atom is -0.508 e. The molecule has 30 heavy (non-hydrogen) atoms. The summed E-state index contributed by atoms with van der Waals surface area (Å²) >= 11 is 0. The molecule has 1 amide bonds. The quantitative estimate of drug-likeness (QED) is 0.746. The Morgan fingerprint density at radius 1 is 1.23 bits per heavy atom. The lowest BCUT2D eigenvalue weighted by atomic mass is 10.1. The highest BCUT2D eigenvalue weighted by atomic mass is 16.6. The van der Waals surface area contributed by atoms with Gasteiger partial charge in [-0.1, -0.05) is 0 Å². The number of aromatic hydroxyl groups is 1. The van der Waals surface area contributed by atoms with E-state index in [1.807, 2.05) is 20.8 Å². The van der Waals surface area contributed by atoms with Crippen molar-refractivity contribution < 1.29 is 24.2 Å². The van der Waals surface area contributed by atoms with Crippen molar-refractivity contribution in [2.75, 3.05) is 13.2 Å². The van der Waals surface area contributed by atoms with Gasteiger partial charge in [0.2, 0.25) is 0 Å². The molecule has 1 aliphatic rings. The molecule has 162 valence electrons. The Bertz CT molecular complexity index is 898. The summed E-state index contributed by atoms with van der Waals surface area (Å²) in [6.07, 6.45) is 3.05. The maximum absolute atomic E-state index is 12.6. The van der Waals surface area contributed by atoms with Crippen molar-refractivity contribution in [3.63, 3.8) is 0 Å². The number of phenolic OH excluding ortho intramolecular Hbond substituents is 1. The normalized spacial score (nSPS) is 16.5. The molecule has 8 nitrogen and oxygen atoms in total. The maximum atomic E-state index is 12.6. The number of phenols is 1. The molecule has 1 N–H and O–H groups in total. The molecular formula is C22H29N3O5. The number of ether oxygens (including phenoxy) is 2. The third kappa shape index (κ3) is 5.11. The van der Waals surface area contributed by atoms with Gasteiger partial charge in [0, 0.05) is 18.3 Å². The molecule has 3 rings (SSSR count). The Balaban J connectivity index is 1.85. The molecule has 0 bridgehead atoms. The second-order valence-electron chi connectivity index (χ2n) is 8.35. The molecular weight excluding hydrogens is 386 g/mol. The fourth-order valence-electron chi connectivity index (χ4n) is 3.51. The number of carbonyl (C=O) groups excluding carboxylic acids is 2. The number of benzene rings is 1. The van der Waals surface area contributed by atoms with Crippen LogP contribution in [0.1, 0.15) is 50.9 Å². The summed E-state index contributed by atoms with van der Waals surface area (Å²) in [6.45, 7) is 8.63. The van der Waals surface area contributed by atoms with Crippen molar-refractivity contribution in [1.82, 2.24) is 14.7 Å². The first kappa shape index (κ1) is 21.7. The molecule has 1 fully saturated rings. The summed E-state index contributed by atoms with van der Waals surface area (Å²) in [4.78, 5) is 26.8. The fourth-order valence-corrected chi connectivity index (χ4v) is 3.51. The summed E-state index contributed by atoms with van der Waals surface area (Å²) in [5, 5.41) is 14.2. The van der Waals surface area contributed by atoms with Crippen LogP contribution in [-0.4, -0.2) is 56.6 Å². The number of esters is 1. The molecule has 1 aromatic carbocycles. The van der Waals surface area contributed by atoms with Gasteiger partial charge in [-0.15, -0.1) is 0 Å². The Morgan fingerprint density at radius 3 is 2.57 bits per heavy atom. The highest BCUT2D eigenvalue weighted by Gasteiger charge is 2.33. The number of hydrogen-bond acceptors (Lipinski definition) is 6. The second-order valence-corrected chi connectivity index (χ2v) is 8.35. The van der Waals surface area contributed by atoms with E-state index in [9.17, 15) is 14.7 Å². The first-order valence-corrected chi connectivity index (χ1v) is 10.2. The van der Waals surface area contributed by atoms with Gasteiger partial charge in [-0.2, -0.15) is 5.10 Å². The van der Waals surface area contributed by atoms with Crippen molar-refractivity contribution >= 4 is 12.1 Å². The number of amides is 1. The first-order valence-electron chi connectivity index (χ1n) is 10.2. The molecule has 1 atom stereocenters. The predicted octanol–water partition coefficient (Wildman–Crippen LogP) is 3.83. The van der Waals surface area contributed by atoms with Crippen molar-refractivity contribution in [3.05, 3.63) is 36.0 Å². The first-order chi connectivity index (χ1) is 14.2. The summed E-state index contributed by atoms with van der Waals surface area (Å²) in [6, 6.07) is 6.43. The largest absolute Gasteiger partial charge is 0.508 e. The van der Waals surface area contributed by atoms with E-state index in [4.69, 9.17) is 9.47 Å². The average Bonchev–Trinajstić information content (AvgIpc) is 3.29. The third-order valence-electron chi connectivity index (χ3n) is 4.80. The summed E-state index contributed by atoms with van der Waals surface area (Å²) in [5.41, 5.74) is 0.976. The van der Waals surface area contributed by atoms with Gasteiger partial charge >= 0.3 is 12.1 Å². The van der Waals surface area contributed by atoms with Gasteiger partial charge in [-0.05, 0) is 64.8 Å². The van der Waals surface area contributed by atoms with E-state index in [2.05, 4.69) is 5.10 Å². The molecule has 1 saturated heterocycles. The van der Waals surface area contributed by atoms with E-state index in [0.717, 1.165) is 12.8 Å². The lowest BCUT2D eigenvalue weighted by Crippen LogP contribution is -2.41. The Kier molecular flexibility index (Phi) is 6.34. The van der Waals surface area contributed by atoms with Crippen molar-refractivity contribution in [2.45, 2.75) is 58.7 Å². The number of likely N-dealkylation sites (tertiary alicyclic amines) is 1. The van der Waals surface area contributed by atoms with Crippen LogP contribution in [0.25, 0.3) is 11.3 Å².